The zero-order valence-electron chi connectivity index (χ0n) is 12.6. The van der Waals surface area contributed by atoms with Gasteiger partial charge in [0.15, 0.2) is 0 Å². The number of nitrogens with one attached hydrogen (secondary N) is 1. The van der Waals surface area contributed by atoms with Crippen LogP contribution >= 0.6 is 0 Å². The molecule has 0 saturated heterocycles. The van der Waals surface area contributed by atoms with Gasteiger partial charge in [-0.05, 0) is 38.0 Å². The number of hydrogen-bond acceptors (Lipinski definition) is 3. The highest BCUT2D eigenvalue weighted by molar-refractivity contribution is 5.70. The molecule has 0 spiro atoms. The number of furan rings is 1. The lowest BCUT2D eigenvalue weighted by Crippen LogP contribution is -2.18. The van der Waals surface area contributed by atoms with E-state index in [4.69, 9.17) is 9.52 Å². The highest BCUT2D eigenvalue weighted by atomic mass is 16.4. The van der Waals surface area contributed by atoms with Crippen molar-refractivity contribution in [1.82, 2.24) is 5.32 Å². The summed E-state index contributed by atoms with van der Waals surface area (Å²) >= 11 is 0. The Morgan fingerprint density at radius 3 is 2.38 bits per heavy atom. The highest BCUT2D eigenvalue weighted by Gasteiger charge is 2.12. The van der Waals surface area contributed by atoms with Crippen LogP contribution in [0.3, 0.4) is 0 Å². The molecule has 0 amide bonds. The summed E-state index contributed by atoms with van der Waals surface area (Å²) in [4.78, 5) is 10.6. The first-order chi connectivity index (χ1) is 9.95. The SMILES string of the molecule is Cc1cc(C(C)NCc2ccc(CC(=O)O)cc2)c(C)o1. The quantitative estimate of drug-likeness (QED) is 0.855. The Morgan fingerprint density at radius 2 is 1.86 bits per heavy atom. The van der Waals surface area contributed by atoms with E-state index < -0.39 is 5.97 Å². The van der Waals surface area contributed by atoms with Crippen molar-refractivity contribution in [3.63, 3.8) is 0 Å². The molecule has 112 valence electrons. The van der Waals surface area contributed by atoms with Crippen molar-refractivity contribution >= 4 is 5.97 Å². The fourth-order valence-corrected chi connectivity index (χ4v) is 2.41. The van der Waals surface area contributed by atoms with Crippen LogP contribution in [0.15, 0.2) is 34.7 Å². The van der Waals surface area contributed by atoms with Gasteiger partial charge in [0.25, 0.3) is 0 Å². The normalized spacial score (nSPS) is 12.3. The van der Waals surface area contributed by atoms with E-state index in [0.717, 1.165) is 29.2 Å². The summed E-state index contributed by atoms with van der Waals surface area (Å²) in [6, 6.07) is 9.92. The summed E-state index contributed by atoms with van der Waals surface area (Å²) in [6.07, 6.45) is 0.0671. The molecule has 21 heavy (non-hydrogen) atoms. The van der Waals surface area contributed by atoms with Gasteiger partial charge in [-0.15, -0.1) is 0 Å². The van der Waals surface area contributed by atoms with Crippen LogP contribution in [0.4, 0.5) is 0 Å². The molecule has 2 rings (SSSR count). The first-order valence-electron chi connectivity index (χ1n) is 7.05. The lowest BCUT2D eigenvalue weighted by Gasteiger charge is -2.13. The maximum Gasteiger partial charge on any atom is 0.307 e. The Balaban J connectivity index is 1.93. The molecule has 0 saturated carbocycles. The van der Waals surface area contributed by atoms with Crippen LogP contribution in [0.1, 0.15) is 41.2 Å². The standard InChI is InChI=1S/C17H21NO3/c1-11-8-16(13(3)21-11)12(2)18-10-15-6-4-14(5-7-15)9-17(19)20/h4-8,12,18H,9-10H2,1-3H3,(H,19,20). The predicted molar refractivity (Wildman–Crippen MR) is 81.2 cm³/mol. The molecule has 1 heterocycles. The van der Waals surface area contributed by atoms with E-state index in [1.54, 1.807) is 0 Å². The maximum absolute atomic E-state index is 10.6. The summed E-state index contributed by atoms with van der Waals surface area (Å²) < 4.78 is 5.54. The topological polar surface area (TPSA) is 62.5 Å². The third-order valence-corrected chi connectivity index (χ3v) is 3.54. The van der Waals surface area contributed by atoms with Gasteiger partial charge in [-0.3, -0.25) is 4.79 Å². The fraction of sp³-hybridized carbons (Fsp3) is 0.353. The van der Waals surface area contributed by atoms with E-state index >= 15 is 0 Å². The van der Waals surface area contributed by atoms with E-state index in [-0.39, 0.29) is 12.5 Å². The summed E-state index contributed by atoms with van der Waals surface area (Å²) in [5.74, 6) is 1.07. The number of hydrogen-bond donors (Lipinski definition) is 2. The van der Waals surface area contributed by atoms with Crippen molar-refractivity contribution in [2.24, 2.45) is 0 Å². The molecular weight excluding hydrogens is 266 g/mol. The first kappa shape index (κ1) is 15.3. The van der Waals surface area contributed by atoms with Crippen molar-refractivity contribution in [3.05, 3.63) is 58.5 Å². The van der Waals surface area contributed by atoms with Crippen molar-refractivity contribution in [3.8, 4) is 0 Å². The molecule has 0 aliphatic carbocycles. The van der Waals surface area contributed by atoms with Gasteiger partial charge in [0.2, 0.25) is 0 Å². The van der Waals surface area contributed by atoms with Crippen LogP contribution in [0.25, 0.3) is 0 Å². The highest BCUT2D eigenvalue weighted by Crippen LogP contribution is 2.21. The van der Waals surface area contributed by atoms with Gasteiger partial charge in [-0.2, -0.15) is 0 Å². The second-order valence-electron chi connectivity index (χ2n) is 5.36. The van der Waals surface area contributed by atoms with Crippen molar-refractivity contribution < 1.29 is 14.3 Å². The molecule has 1 aromatic carbocycles. The lowest BCUT2D eigenvalue weighted by atomic mass is 10.1. The molecular formula is C17H21NO3. The Kier molecular flexibility index (Phi) is 4.81. The van der Waals surface area contributed by atoms with Crippen molar-refractivity contribution in [2.45, 2.75) is 39.8 Å². The predicted octanol–water partition coefficient (Wildman–Crippen LogP) is 3.37. The number of aliphatic carboxylic acids is 1. The minimum absolute atomic E-state index is 0.0671. The number of benzene rings is 1. The Morgan fingerprint density at radius 1 is 1.24 bits per heavy atom. The van der Waals surface area contributed by atoms with Crippen LogP contribution < -0.4 is 5.32 Å². The number of carbonyl (C=O) groups is 1. The molecule has 4 nitrogen and oxygen atoms in total. The van der Waals surface area contributed by atoms with E-state index in [9.17, 15) is 4.79 Å². The summed E-state index contributed by atoms with van der Waals surface area (Å²) in [7, 11) is 0. The first-order valence-corrected chi connectivity index (χ1v) is 7.05. The molecule has 1 unspecified atom stereocenters. The van der Waals surface area contributed by atoms with Gasteiger partial charge in [-0.1, -0.05) is 24.3 Å². The van der Waals surface area contributed by atoms with Gasteiger partial charge >= 0.3 is 5.97 Å². The minimum Gasteiger partial charge on any atom is -0.481 e. The number of rotatable bonds is 6. The Bertz CT molecular complexity index is 613. The van der Waals surface area contributed by atoms with Crippen molar-refractivity contribution in [2.75, 3.05) is 0 Å². The van der Waals surface area contributed by atoms with Gasteiger partial charge in [0.1, 0.15) is 11.5 Å². The van der Waals surface area contributed by atoms with E-state index in [1.165, 1.54) is 5.56 Å². The number of aryl methyl sites for hydroxylation is 2. The van der Waals surface area contributed by atoms with Gasteiger partial charge in [0, 0.05) is 18.2 Å². The molecule has 2 aromatic rings. The maximum atomic E-state index is 10.6. The number of carboxylic acids is 1. The smallest absolute Gasteiger partial charge is 0.307 e. The third kappa shape index (κ3) is 4.20. The van der Waals surface area contributed by atoms with E-state index in [0.29, 0.717) is 0 Å². The van der Waals surface area contributed by atoms with Crippen LogP contribution in [-0.4, -0.2) is 11.1 Å². The van der Waals surface area contributed by atoms with Gasteiger partial charge in [-0.25, -0.2) is 0 Å². The molecule has 4 heteroatoms. The van der Waals surface area contributed by atoms with Gasteiger partial charge < -0.3 is 14.8 Å². The largest absolute Gasteiger partial charge is 0.481 e. The van der Waals surface area contributed by atoms with Crippen LogP contribution in [0, 0.1) is 13.8 Å². The molecule has 0 fully saturated rings. The molecule has 0 aliphatic rings. The molecule has 2 N–H and O–H groups in total. The summed E-state index contributed by atoms with van der Waals surface area (Å²) in [6.45, 7) is 6.76. The zero-order chi connectivity index (χ0) is 15.4. The minimum atomic E-state index is -0.805. The van der Waals surface area contributed by atoms with Crippen LogP contribution in [0.2, 0.25) is 0 Å². The van der Waals surface area contributed by atoms with Crippen molar-refractivity contribution in [1.29, 1.82) is 0 Å². The average molecular weight is 287 g/mol. The second kappa shape index (κ2) is 6.59. The molecule has 1 aromatic heterocycles. The number of carboxylic acid groups (broad SMARTS) is 1. The van der Waals surface area contributed by atoms with E-state index in [1.807, 2.05) is 38.1 Å². The monoisotopic (exact) mass is 287 g/mol. The molecule has 0 radical (unpaired) electrons. The summed E-state index contributed by atoms with van der Waals surface area (Å²) in [5.41, 5.74) is 3.13. The molecule has 1 atom stereocenters. The fourth-order valence-electron chi connectivity index (χ4n) is 2.41. The Hall–Kier alpha value is -2.07. The van der Waals surface area contributed by atoms with Gasteiger partial charge in [0.05, 0.1) is 6.42 Å². The lowest BCUT2D eigenvalue weighted by molar-refractivity contribution is -0.136. The van der Waals surface area contributed by atoms with Crippen LogP contribution in [0.5, 0.6) is 0 Å². The van der Waals surface area contributed by atoms with Crippen LogP contribution in [-0.2, 0) is 17.8 Å². The zero-order valence-corrected chi connectivity index (χ0v) is 12.6. The second-order valence-corrected chi connectivity index (χ2v) is 5.36. The third-order valence-electron chi connectivity index (χ3n) is 3.54. The Labute approximate surface area is 124 Å². The van der Waals surface area contributed by atoms with E-state index in [2.05, 4.69) is 18.3 Å². The summed E-state index contributed by atoms with van der Waals surface area (Å²) in [5, 5.41) is 12.2. The molecule has 0 bridgehead atoms. The molecule has 0 aliphatic heterocycles. The average Bonchev–Trinajstić information content (AvgIpc) is 2.76.